The molecule has 4 rings (SSSR count). The van der Waals surface area contributed by atoms with Gasteiger partial charge in [-0.1, -0.05) is 0 Å². The first-order chi connectivity index (χ1) is 12.6. The molecule has 1 fully saturated rings. The van der Waals surface area contributed by atoms with Gasteiger partial charge in [0.15, 0.2) is 0 Å². The zero-order valence-electron chi connectivity index (χ0n) is 14.7. The second-order valence-corrected chi connectivity index (χ2v) is 6.49. The van der Waals surface area contributed by atoms with Gasteiger partial charge in [0.2, 0.25) is 5.95 Å². The van der Waals surface area contributed by atoms with Gasteiger partial charge >= 0.3 is 0 Å². The molecule has 2 atom stereocenters. The molecule has 4 heterocycles. The van der Waals surface area contributed by atoms with Crippen molar-refractivity contribution in [3.8, 4) is 0 Å². The van der Waals surface area contributed by atoms with Gasteiger partial charge in [-0.2, -0.15) is 0 Å². The van der Waals surface area contributed by atoms with Crippen molar-refractivity contribution in [3.63, 3.8) is 0 Å². The molecule has 134 valence electrons. The highest BCUT2D eigenvalue weighted by Crippen LogP contribution is 2.30. The maximum absolute atomic E-state index is 12.9. The molecule has 1 aliphatic heterocycles. The summed E-state index contributed by atoms with van der Waals surface area (Å²) >= 11 is 0. The van der Waals surface area contributed by atoms with E-state index in [1.54, 1.807) is 44.0 Å². The number of nitrogens with zero attached hydrogens (tertiary/aromatic N) is 5. The van der Waals surface area contributed by atoms with E-state index >= 15 is 0 Å². The fraction of sp³-hybridized carbons (Fsp3) is 0.333. The van der Waals surface area contributed by atoms with Crippen molar-refractivity contribution < 1.29 is 9.21 Å². The molecular formula is C18H20N6O2. The molecule has 3 aromatic heterocycles. The van der Waals surface area contributed by atoms with E-state index in [0.717, 1.165) is 5.69 Å². The summed E-state index contributed by atoms with van der Waals surface area (Å²) in [5, 5.41) is 3.35. The van der Waals surface area contributed by atoms with Crippen molar-refractivity contribution >= 4 is 11.9 Å². The molecule has 1 saturated heterocycles. The molecule has 1 N–H and O–H groups in total. The van der Waals surface area contributed by atoms with Gasteiger partial charge in [0.1, 0.15) is 5.76 Å². The van der Waals surface area contributed by atoms with Gasteiger partial charge in [-0.15, -0.1) is 0 Å². The number of furan rings is 1. The zero-order valence-corrected chi connectivity index (χ0v) is 14.7. The highest BCUT2D eigenvalue weighted by Gasteiger charge is 2.38. The number of nitrogens with one attached hydrogen (secondary N) is 1. The first kappa shape index (κ1) is 16.3. The molecule has 0 saturated carbocycles. The van der Waals surface area contributed by atoms with Crippen LogP contribution in [-0.2, 0) is 7.05 Å². The molecule has 0 bridgehead atoms. The summed E-state index contributed by atoms with van der Waals surface area (Å²) in [5.74, 6) is 1.20. The van der Waals surface area contributed by atoms with Crippen LogP contribution < -0.4 is 5.32 Å². The fourth-order valence-electron chi connectivity index (χ4n) is 3.36. The lowest BCUT2D eigenvalue weighted by Gasteiger charge is -2.17. The van der Waals surface area contributed by atoms with Crippen molar-refractivity contribution in [2.24, 2.45) is 7.05 Å². The smallest absolute Gasteiger partial charge is 0.257 e. The van der Waals surface area contributed by atoms with Gasteiger partial charge in [0.25, 0.3) is 5.91 Å². The third-order valence-corrected chi connectivity index (χ3v) is 4.68. The molecule has 0 unspecified atom stereocenters. The van der Waals surface area contributed by atoms with Crippen molar-refractivity contribution in [1.82, 2.24) is 24.4 Å². The number of rotatable bonds is 4. The fourth-order valence-corrected chi connectivity index (χ4v) is 3.36. The molecule has 8 nitrogen and oxygen atoms in total. The standard InChI is InChI=1S/C18H20N6O2/c1-12-13(4-7-26-12)17(25)24-8-14(15-9-23(2)11-21-15)16(10-24)22-18-19-5-3-6-20-18/h3-7,9,11,14,16H,8,10H2,1-2H3,(H,19,20,22)/t14-,16+/m0/s1. The average molecular weight is 352 g/mol. The van der Waals surface area contributed by atoms with E-state index in [0.29, 0.717) is 30.4 Å². The lowest BCUT2D eigenvalue weighted by atomic mass is 10.0. The maximum Gasteiger partial charge on any atom is 0.257 e. The summed E-state index contributed by atoms with van der Waals surface area (Å²) in [7, 11) is 1.94. The number of anilines is 1. The lowest BCUT2D eigenvalue weighted by molar-refractivity contribution is 0.0788. The van der Waals surface area contributed by atoms with Crippen LogP contribution in [0.25, 0.3) is 0 Å². The molecule has 0 aliphatic carbocycles. The van der Waals surface area contributed by atoms with Gasteiger partial charge in [0, 0.05) is 44.6 Å². The molecule has 1 aliphatic rings. The van der Waals surface area contributed by atoms with E-state index in [-0.39, 0.29) is 17.9 Å². The third kappa shape index (κ3) is 3.05. The molecule has 0 spiro atoms. The van der Waals surface area contributed by atoms with E-state index in [1.807, 2.05) is 22.7 Å². The second kappa shape index (κ2) is 6.62. The Morgan fingerprint density at radius 2 is 2.08 bits per heavy atom. The topological polar surface area (TPSA) is 89.1 Å². The molecule has 3 aromatic rings. The van der Waals surface area contributed by atoms with Crippen LogP contribution in [0, 0.1) is 6.92 Å². The summed E-state index contributed by atoms with van der Waals surface area (Å²) in [6.07, 6.45) is 8.69. The van der Waals surface area contributed by atoms with Crippen LogP contribution >= 0.6 is 0 Å². The van der Waals surface area contributed by atoms with Gasteiger partial charge in [-0.05, 0) is 19.1 Å². The Hall–Kier alpha value is -3.16. The highest BCUT2D eigenvalue weighted by molar-refractivity contribution is 5.95. The van der Waals surface area contributed by atoms with Gasteiger partial charge in [0.05, 0.1) is 29.9 Å². The van der Waals surface area contributed by atoms with Crippen LogP contribution in [0.4, 0.5) is 5.95 Å². The van der Waals surface area contributed by atoms with E-state index in [4.69, 9.17) is 4.42 Å². The number of imidazole rings is 1. The summed E-state index contributed by atoms with van der Waals surface area (Å²) in [6, 6.07) is 3.46. The van der Waals surface area contributed by atoms with E-state index in [2.05, 4.69) is 20.3 Å². The number of hydrogen-bond acceptors (Lipinski definition) is 6. The Morgan fingerprint density at radius 3 is 2.73 bits per heavy atom. The molecule has 26 heavy (non-hydrogen) atoms. The van der Waals surface area contributed by atoms with Crippen LogP contribution in [0.15, 0.2) is 47.7 Å². The summed E-state index contributed by atoms with van der Waals surface area (Å²) in [4.78, 5) is 27.7. The van der Waals surface area contributed by atoms with Crippen LogP contribution in [-0.4, -0.2) is 49.5 Å². The number of amides is 1. The van der Waals surface area contributed by atoms with E-state index in [1.165, 1.54) is 0 Å². The van der Waals surface area contributed by atoms with Crippen molar-refractivity contribution in [3.05, 3.63) is 60.3 Å². The highest BCUT2D eigenvalue weighted by atomic mass is 16.3. The molecule has 0 aromatic carbocycles. The molecular weight excluding hydrogens is 332 g/mol. The van der Waals surface area contributed by atoms with Gasteiger partial charge in [-0.25, -0.2) is 15.0 Å². The zero-order chi connectivity index (χ0) is 18.1. The van der Waals surface area contributed by atoms with Crippen LogP contribution in [0.5, 0.6) is 0 Å². The summed E-state index contributed by atoms with van der Waals surface area (Å²) < 4.78 is 7.20. The minimum absolute atomic E-state index is 0.0246. The van der Waals surface area contributed by atoms with Crippen molar-refractivity contribution in [2.45, 2.75) is 18.9 Å². The maximum atomic E-state index is 12.9. The monoisotopic (exact) mass is 352 g/mol. The number of hydrogen-bond donors (Lipinski definition) is 1. The molecule has 1 amide bonds. The number of carbonyl (C=O) groups is 1. The number of likely N-dealkylation sites (tertiary alicyclic amines) is 1. The SMILES string of the molecule is Cc1occc1C(=O)N1C[C@@H](Nc2ncccn2)[C@H](c2cn(C)cn2)C1. The van der Waals surface area contributed by atoms with Gasteiger partial charge < -0.3 is 19.2 Å². The van der Waals surface area contributed by atoms with E-state index in [9.17, 15) is 4.79 Å². The third-order valence-electron chi connectivity index (χ3n) is 4.68. The minimum Gasteiger partial charge on any atom is -0.469 e. The Balaban J connectivity index is 1.60. The number of aryl methyl sites for hydroxylation is 2. The Bertz CT molecular complexity index is 903. The number of carbonyl (C=O) groups excluding carboxylic acids is 1. The second-order valence-electron chi connectivity index (χ2n) is 6.49. The Labute approximate surface area is 150 Å². The van der Waals surface area contributed by atoms with E-state index < -0.39 is 0 Å². The van der Waals surface area contributed by atoms with Crippen molar-refractivity contribution in [1.29, 1.82) is 0 Å². The normalized spacial score (nSPS) is 19.7. The minimum atomic E-state index is -0.0320. The first-order valence-corrected chi connectivity index (χ1v) is 8.46. The van der Waals surface area contributed by atoms with Crippen molar-refractivity contribution in [2.75, 3.05) is 18.4 Å². The van der Waals surface area contributed by atoms with Crippen LogP contribution in [0.3, 0.4) is 0 Å². The average Bonchev–Trinajstić information content (AvgIpc) is 3.35. The van der Waals surface area contributed by atoms with Crippen LogP contribution in [0.1, 0.15) is 27.7 Å². The predicted octanol–water partition coefficient (Wildman–Crippen LogP) is 1.83. The molecule has 0 radical (unpaired) electrons. The van der Waals surface area contributed by atoms with Crippen LogP contribution in [0.2, 0.25) is 0 Å². The Morgan fingerprint density at radius 1 is 1.27 bits per heavy atom. The predicted molar refractivity (Wildman–Crippen MR) is 94.7 cm³/mol. The number of aromatic nitrogens is 4. The Kier molecular flexibility index (Phi) is 4.16. The summed E-state index contributed by atoms with van der Waals surface area (Å²) in [5.41, 5.74) is 1.54. The summed E-state index contributed by atoms with van der Waals surface area (Å²) in [6.45, 7) is 2.92. The first-order valence-electron chi connectivity index (χ1n) is 8.46. The molecule has 8 heteroatoms. The largest absolute Gasteiger partial charge is 0.469 e. The quantitative estimate of drug-likeness (QED) is 0.771. The van der Waals surface area contributed by atoms with Gasteiger partial charge in [-0.3, -0.25) is 4.79 Å². The lowest BCUT2D eigenvalue weighted by Crippen LogP contribution is -2.32.